The number of benzene rings is 2. The maximum absolute atomic E-state index is 13.0. The SMILES string of the molecule is COc1ccc(-c2noc([C@@H]3CCCN(C(=O)c4ccccc4C)C3)n2)cc1OC. The first kappa shape index (κ1) is 19.9. The van der Waals surface area contributed by atoms with E-state index in [4.69, 9.17) is 14.0 Å². The van der Waals surface area contributed by atoms with E-state index in [1.54, 1.807) is 14.2 Å². The van der Waals surface area contributed by atoms with Crippen molar-refractivity contribution in [3.05, 3.63) is 59.5 Å². The molecule has 1 aliphatic heterocycles. The lowest BCUT2D eigenvalue weighted by Gasteiger charge is -2.31. The number of hydrogen-bond acceptors (Lipinski definition) is 6. The number of carbonyl (C=O) groups is 1. The van der Waals surface area contributed by atoms with Gasteiger partial charge < -0.3 is 18.9 Å². The van der Waals surface area contributed by atoms with Crippen molar-refractivity contribution in [3.8, 4) is 22.9 Å². The summed E-state index contributed by atoms with van der Waals surface area (Å²) in [5.74, 6) is 2.37. The van der Waals surface area contributed by atoms with Crippen molar-refractivity contribution < 1.29 is 18.8 Å². The second kappa shape index (κ2) is 8.57. The molecule has 7 heteroatoms. The molecule has 30 heavy (non-hydrogen) atoms. The highest BCUT2D eigenvalue weighted by Crippen LogP contribution is 2.33. The summed E-state index contributed by atoms with van der Waals surface area (Å²) in [6.45, 7) is 3.27. The minimum Gasteiger partial charge on any atom is -0.493 e. The quantitative estimate of drug-likeness (QED) is 0.634. The number of hydrogen-bond donors (Lipinski definition) is 0. The number of carbonyl (C=O) groups excluding carboxylic acids is 1. The van der Waals surface area contributed by atoms with E-state index in [-0.39, 0.29) is 11.8 Å². The molecule has 1 aromatic heterocycles. The fraction of sp³-hybridized carbons (Fsp3) is 0.348. The molecular weight excluding hydrogens is 382 g/mol. The molecule has 156 valence electrons. The zero-order valence-corrected chi connectivity index (χ0v) is 17.4. The van der Waals surface area contributed by atoms with E-state index >= 15 is 0 Å². The van der Waals surface area contributed by atoms with Gasteiger partial charge in [-0.05, 0) is 49.6 Å². The second-order valence-corrected chi connectivity index (χ2v) is 7.43. The lowest BCUT2D eigenvalue weighted by atomic mass is 9.96. The molecule has 0 radical (unpaired) electrons. The standard InChI is InChI=1S/C23H25N3O4/c1-15-7-4-5-9-18(15)23(27)26-12-6-8-17(14-26)22-24-21(25-30-22)16-10-11-19(28-2)20(13-16)29-3/h4-5,7,9-11,13,17H,6,8,12,14H2,1-3H3/t17-/m1/s1. The van der Waals surface area contributed by atoms with Gasteiger partial charge in [0, 0.05) is 24.2 Å². The molecule has 0 spiro atoms. The Morgan fingerprint density at radius 1 is 1.13 bits per heavy atom. The summed E-state index contributed by atoms with van der Waals surface area (Å²) in [6, 6.07) is 13.2. The van der Waals surface area contributed by atoms with Gasteiger partial charge in [-0.3, -0.25) is 4.79 Å². The Morgan fingerprint density at radius 3 is 2.70 bits per heavy atom. The van der Waals surface area contributed by atoms with E-state index < -0.39 is 0 Å². The van der Waals surface area contributed by atoms with Crippen LogP contribution in [0.5, 0.6) is 11.5 Å². The fourth-order valence-corrected chi connectivity index (χ4v) is 3.84. The van der Waals surface area contributed by atoms with Crippen LogP contribution in [0.25, 0.3) is 11.4 Å². The van der Waals surface area contributed by atoms with Crippen molar-refractivity contribution in [1.29, 1.82) is 0 Å². The van der Waals surface area contributed by atoms with Gasteiger partial charge in [-0.25, -0.2) is 0 Å². The van der Waals surface area contributed by atoms with Gasteiger partial charge in [0.05, 0.1) is 20.1 Å². The van der Waals surface area contributed by atoms with Gasteiger partial charge in [0.2, 0.25) is 11.7 Å². The van der Waals surface area contributed by atoms with E-state index in [0.717, 1.165) is 36.1 Å². The Labute approximate surface area is 175 Å². The average Bonchev–Trinajstić information content (AvgIpc) is 3.29. The smallest absolute Gasteiger partial charge is 0.254 e. The number of rotatable bonds is 5. The monoisotopic (exact) mass is 407 g/mol. The summed E-state index contributed by atoms with van der Waals surface area (Å²) < 4.78 is 16.2. The van der Waals surface area contributed by atoms with Gasteiger partial charge in [0.1, 0.15) is 0 Å². The highest BCUT2D eigenvalue weighted by Gasteiger charge is 2.29. The molecule has 1 amide bonds. The van der Waals surface area contributed by atoms with E-state index in [1.165, 1.54) is 0 Å². The molecule has 0 unspecified atom stereocenters. The van der Waals surface area contributed by atoms with Gasteiger partial charge in [0.25, 0.3) is 5.91 Å². The van der Waals surface area contributed by atoms with Crippen molar-refractivity contribution in [2.45, 2.75) is 25.7 Å². The number of piperidine rings is 1. The maximum atomic E-state index is 13.0. The molecule has 2 aromatic carbocycles. The Morgan fingerprint density at radius 2 is 1.93 bits per heavy atom. The van der Waals surface area contributed by atoms with Gasteiger partial charge in [-0.15, -0.1) is 0 Å². The first-order chi connectivity index (χ1) is 14.6. The third-order valence-electron chi connectivity index (χ3n) is 5.52. The first-order valence-corrected chi connectivity index (χ1v) is 10.0. The summed E-state index contributed by atoms with van der Waals surface area (Å²) in [4.78, 5) is 19.5. The van der Waals surface area contributed by atoms with Crippen LogP contribution in [0.2, 0.25) is 0 Å². The highest BCUT2D eigenvalue weighted by molar-refractivity contribution is 5.95. The summed E-state index contributed by atoms with van der Waals surface area (Å²) in [5, 5.41) is 4.15. The number of aromatic nitrogens is 2. The Kier molecular flexibility index (Phi) is 5.70. The van der Waals surface area contributed by atoms with Crippen molar-refractivity contribution in [1.82, 2.24) is 15.0 Å². The minimum atomic E-state index is 0.0214. The number of methoxy groups -OCH3 is 2. The number of likely N-dealkylation sites (tertiary alicyclic amines) is 1. The largest absolute Gasteiger partial charge is 0.493 e. The van der Waals surface area contributed by atoms with Crippen LogP contribution in [-0.2, 0) is 0 Å². The molecule has 4 rings (SSSR count). The van der Waals surface area contributed by atoms with Crippen LogP contribution >= 0.6 is 0 Å². The molecule has 0 bridgehead atoms. The lowest BCUT2D eigenvalue weighted by molar-refractivity contribution is 0.0695. The third-order valence-corrected chi connectivity index (χ3v) is 5.52. The number of amides is 1. The molecule has 3 aromatic rings. The van der Waals surface area contributed by atoms with E-state index in [9.17, 15) is 4.79 Å². The minimum absolute atomic E-state index is 0.0214. The predicted molar refractivity (Wildman–Crippen MR) is 112 cm³/mol. The highest BCUT2D eigenvalue weighted by atomic mass is 16.5. The summed E-state index contributed by atoms with van der Waals surface area (Å²) in [7, 11) is 3.18. The van der Waals surface area contributed by atoms with E-state index in [1.807, 2.05) is 54.3 Å². The van der Waals surface area contributed by atoms with Crippen LogP contribution in [-0.4, -0.2) is 48.3 Å². The number of nitrogens with zero attached hydrogens (tertiary/aromatic N) is 3. The van der Waals surface area contributed by atoms with Crippen molar-refractivity contribution in [2.75, 3.05) is 27.3 Å². The molecule has 0 N–H and O–H groups in total. The van der Waals surface area contributed by atoms with Crippen LogP contribution in [0, 0.1) is 6.92 Å². The third kappa shape index (κ3) is 3.87. The second-order valence-electron chi connectivity index (χ2n) is 7.43. The molecule has 1 fully saturated rings. The maximum Gasteiger partial charge on any atom is 0.254 e. The lowest BCUT2D eigenvalue weighted by Crippen LogP contribution is -2.39. The zero-order chi connectivity index (χ0) is 21.1. The fourth-order valence-electron chi connectivity index (χ4n) is 3.84. The number of ether oxygens (including phenoxy) is 2. The normalized spacial score (nSPS) is 16.4. The molecule has 2 heterocycles. The molecule has 0 saturated carbocycles. The van der Waals surface area contributed by atoms with Gasteiger partial charge >= 0.3 is 0 Å². The predicted octanol–water partition coefficient (Wildman–Crippen LogP) is 4.08. The molecule has 7 nitrogen and oxygen atoms in total. The molecule has 1 aliphatic rings. The van der Waals surface area contributed by atoms with Crippen LogP contribution in [0.3, 0.4) is 0 Å². The Balaban J connectivity index is 1.52. The molecular formula is C23H25N3O4. The van der Waals surface area contributed by atoms with Crippen molar-refractivity contribution in [3.63, 3.8) is 0 Å². The summed E-state index contributed by atoms with van der Waals surface area (Å²) in [5.41, 5.74) is 2.51. The summed E-state index contributed by atoms with van der Waals surface area (Å²) >= 11 is 0. The van der Waals surface area contributed by atoms with Crippen LogP contribution in [0.1, 0.15) is 40.6 Å². The molecule has 1 saturated heterocycles. The Hall–Kier alpha value is -3.35. The van der Waals surface area contributed by atoms with Gasteiger partial charge in [0.15, 0.2) is 11.5 Å². The topological polar surface area (TPSA) is 77.7 Å². The number of aryl methyl sites for hydroxylation is 1. The van der Waals surface area contributed by atoms with Gasteiger partial charge in [-0.2, -0.15) is 4.98 Å². The van der Waals surface area contributed by atoms with Crippen molar-refractivity contribution >= 4 is 5.91 Å². The van der Waals surface area contributed by atoms with Crippen LogP contribution in [0.15, 0.2) is 47.0 Å². The van der Waals surface area contributed by atoms with E-state index in [0.29, 0.717) is 29.8 Å². The van der Waals surface area contributed by atoms with Crippen LogP contribution in [0.4, 0.5) is 0 Å². The average molecular weight is 407 g/mol. The summed E-state index contributed by atoms with van der Waals surface area (Å²) in [6.07, 6.45) is 1.81. The van der Waals surface area contributed by atoms with Crippen molar-refractivity contribution in [2.24, 2.45) is 0 Å². The van der Waals surface area contributed by atoms with Crippen LogP contribution < -0.4 is 9.47 Å². The zero-order valence-electron chi connectivity index (χ0n) is 17.4. The van der Waals surface area contributed by atoms with Gasteiger partial charge in [-0.1, -0.05) is 23.4 Å². The van der Waals surface area contributed by atoms with E-state index in [2.05, 4.69) is 10.1 Å². The molecule has 0 aliphatic carbocycles. The molecule has 1 atom stereocenters. The first-order valence-electron chi connectivity index (χ1n) is 10.0. The Bertz CT molecular complexity index is 1050.